The summed E-state index contributed by atoms with van der Waals surface area (Å²) in [6, 6.07) is 18.8. The molecule has 1 saturated heterocycles. The van der Waals surface area contributed by atoms with Crippen LogP contribution in [0.4, 0.5) is 0 Å². The van der Waals surface area contributed by atoms with E-state index >= 15 is 0 Å². The molecule has 2 fully saturated rings. The van der Waals surface area contributed by atoms with Crippen LogP contribution in [0.2, 0.25) is 0 Å². The molecule has 210 valence electrons. The summed E-state index contributed by atoms with van der Waals surface area (Å²) >= 11 is 0. The number of carbonyl (C=O) groups excluding carboxylic acids is 4. The molecule has 2 aromatic carbocycles. The molecule has 0 spiro atoms. The van der Waals surface area contributed by atoms with E-state index in [-0.39, 0.29) is 61.0 Å². The van der Waals surface area contributed by atoms with E-state index in [4.69, 9.17) is 0 Å². The molecule has 1 N–H and O–H groups in total. The molecule has 1 aliphatic heterocycles. The van der Waals surface area contributed by atoms with Crippen LogP contribution < -0.4 is 5.32 Å². The van der Waals surface area contributed by atoms with Crippen molar-refractivity contribution in [3.05, 3.63) is 83.9 Å². The molecule has 1 saturated carbocycles. The van der Waals surface area contributed by atoms with Crippen LogP contribution in [0.15, 0.2) is 72.8 Å². The Morgan fingerprint density at radius 3 is 2.00 bits per heavy atom. The molecule has 4 amide bonds. The normalized spacial score (nSPS) is 21.6. The number of hydrogen-bond donors (Lipinski definition) is 1. The van der Waals surface area contributed by atoms with Gasteiger partial charge in [0.2, 0.25) is 23.6 Å². The van der Waals surface area contributed by atoms with Gasteiger partial charge in [-0.05, 0) is 36.8 Å². The number of benzene rings is 2. The van der Waals surface area contributed by atoms with Crippen LogP contribution in [0.1, 0.15) is 62.5 Å². The Balaban J connectivity index is 1.37. The van der Waals surface area contributed by atoms with Crippen molar-refractivity contribution in [3.63, 3.8) is 0 Å². The third kappa shape index (κ3) is 6.52. The zero-order chi connectivity index (χ0) is 27.9. The Bertz CT molecular complexity index is 1200. The molecule has 5 rings (SSSR count). The van der Waals surface area contributed by atoms with Crippen molar-refractivity contribution >= 4 is 23.6 Å². The van der Waals surface area contributed by atoms with Crippen LogP contribution in [-0.2, 0) is 32.1 Å². The van der Waals surface area contributed by atoms with E-state index in [9.17, 15) is 19.2 Å². The number of nitrogens with zero attached hydrogens (tertiary/aromatic N) is 2. The monoisotopic (exact) mass is 541 g/mol. The fraction of sp³-hybridized carbons (Fsp3) is 0.455. The Kier molecular flexibility index (Phi) is 9.09. The lowest BCUT2D eigenvalue weighted by molar-refractivity contribution is -0.144. The van der Waals surface area contributed by atoms with Gasteiger partial charge in [0.25, 0.3) is 0 Å². The van der Waals surface area contributed by atoms with E-state index in [1.54, 1.807) is 4.90 Å². The smallest absolute Gasteiger partial charge is 0.243 e. The summed E-state index contributed by atoms with van der Waals surface area (Å²) in [6.45, 7) is 0.309. The van der Waals surface area contributed by atoms with Crippen molar-refractivity contribution in [2.75, 3.05) is 6.54 Å². The number of allylic oxidation sites excluding steroid dienone is 2. The van der Waals surface area contributed by atoms with Gasteiger partial charge in [-0.1, -0.05) is 92.1 Å². The molecule has 1 heterocycles. The molecule has 0 aromatic heterocycles. The zero-order valence-corrected chi connectivity index (χ0v) is 23.0. The van der Waals surface area contributed by atoms with E-state index in [2.05, 4.69) is 5.32 Å². The molecule has 3 aliphatic rings. The van der Waals surface area contributed by atoms with E-state index < -0.39 is 6.04 Å². The zero-order valence-electron chi connectivity index (χ0n) is 23.0. The lowest BCUT2D eigenvalue weighted by atomic mass is 9.85. The van der Waals surface area contributed by atoms with Crippen LogP contribution >= 0.6 is 0 Å². The first-order chi connectivity index (χ1) is 19.5. The Morgan fingerprint density at radius 2 is 1.40 bits per heavy atom. The first-order valence-corrected chi connectivity index (χ1v) is 14.7. The number of carbonyl (C=O) groups is 4. The van der Waals surface area contributed by atoms with Crippen molar-refractivity contribution in [3.8, 4) is 0 Å². The number of rotatable bonds is 10. The van der Waals surface area contributed by atoms with Gasteiger partial charge in [0.1, 0.15) is 6.04 Å². The highest BCUT2D eigenvalue weighted by atomic mass is 16.2. The van der Waals surface area contributed by atoms with Gasteiger partial charge in [-0.25, -0.2) is 0 Å². The average molecular weight is 542 g/mol. The molecule has 40 heavy (non-hydrogen) atoms. The Morgan fingerprint density at radius 1 is 0.825 bits per heavy atom. The molecule has 3 atom stereocenters. The Labute approximate surface area is 236 Å². The molecule has 7 heteroatoms. The summed E-state index contributed by atoms with van der Waals surface area (Å²) in [5.41, 5.74) is 1.89. The summed E-state index contributed by atoms with van der Waals surface area (Å²) in [4.78, 5) is 56.7. The van der Waals surface area contributed by atoms with Crippen molar-refractivity contribution in [1.82, 2.24) is 15.1 Å². The van der Waals surface area contributed by atoms with Crippen LogP contribution in [-0.4, -0.2) is 52.1 Å². The van der Waals surface area contributed by atoms with Crippen LogP contribution in [0.5, 0.6) is 0 Å². The first kappa shape index (κ1) is 27.8. The molecule has 1 unspecified atom stereocenters. The first-order valence-electron chi connectivity index (χ1n) is 14.7. The van der Waals surface area contributed by atoms with Crippen LogP contribution in [0.3, 0.4) is 0 Å². The highest BCUT2D eigenvalue weighted by molar-refractivity contribution is 6.05. The number of nitrogens with one attached hydrogen (secondary N) is 1. The van der Waals surface area contributed by atoms with Crippen molar-refractivity contribution in [2.24, 2.45) is 11.8 Å². The SMILES string of the molecule is O=C(NC1CCCCC1)C(Cc1ccccc1)N(Cc1ccccc1)C(=O)CCN1C(=O)[C@H]2CC=CC[C@H]2C1=O. The molecular weight excluding hydrogens is 502 g/mol. The standard InChI is InChI=1S/C33H39N3O4/c37-30(20-21-35-32(39)27-18-10-11-19-28(27)33(35)40)36(23-25-14-6-2-7-15-25)29(22-24-12-4-1-5-13-24)31(38)34-26-16-8-3-9-17-26/h1-2,4-7,10-15,26-29H,3,8-9,16-23H2,(H,34,38)/t27-,28+,29?. The molecule has 2 aromatic rings. The lowest BCUT2D eigenvalue weighted by Crippen LogP contribution is -2.53. The highest BCUT2D eigenvalue weighted by Crippen LogP contribution is 2.35. The van der Waals surface area contributed by atoms with Gasteiger partial charge in [0.05, 0.1) is 11.8 Å². The summed E-state index contributed by atoms with van der Waals surface area (Å²) < 4.78 is 0. The minimum absolute atomic E-state index is 0.0147. The Hall–Kier alpha value is -3.74. The fourth-order valence-corrected chi connectivity index (χ4v) is 6.32. The maximum absolute atomic E-state index is 13.9. The number of likely N-dealkylation sites (tertiary alicyclic amines) is 1. The third-order valence-electron chi connectivity index (χ3n) is 8.57. The summed E-state index contributed by atoms with van der Waals surface area (Å²) in [6.07, 6.45) is 10.7. The van der Waals surface area contributed by atoms with E-state index in [1.165, 1.54) is 11.3 Å². The maximum atomic E-state index is 13.9. The van der Waals surface area contributed by atoms with Crippen molar-refractivity contribution in [1.29, 1.82) is 0 Å². The van der Waals surface area contributed by atoms with E-state index in [1.807, 2.05) is 72.8 Å². The van der Waals surface area contributed by atoms with Gasteiger partial charge >= 0.3 is 0 Å². The summed E-state index contributed by atoms with van der Waals surface area (Å²) in [7, 11) is 0. The lowest BCUT2D eigenvalue weighted by Gasteiger charge is -2.34. The molecule has 2 aliphatic carbocycles. The number of hydrogen-bond acceptors (Lipinski definition) is 4. The average Bonchev–Trinajstić information content (AvgIpc) is 3.24. The predicted octanol–water partition coefficient (Wildman–Crippen LogP) is 4.42. The number of amides is 4. The van der Waals surface area contributed by atoms with E-state index in [0.29, 0.717) is 19.3 Å². The highest BCUT2D eigenvalue weighted by Gasteiger charge is 2.47. The maximum Gasteiger partial charge on any atom is 0.243 e. The van der Waals surface area contributed by atoms with Crippen molar-refractivity contribution in [2.45, 2.75) is 76.4 Å². The van der Waals surface area contributed by atoms with Crippen LogP contribution in [0, 0.1) is 11.8 Å². The van der Waals surface area contributed by atoms with Gasteiger partial charge in [0.15, 0.2) is 0 Å². The molecule has 0 bridgehead atoms. The topological polar surface area (TPSA) is 86.8 Å². The predicted molar refractivity (Wildman–Crippen MR) is 153 cm³/mol. The summed E-state index contributed by atoms with van der Waals surface area (Å²) in [5.74, 6) is -1.39. The van der Waals surface area contributed by atoms with Gasteiger partial charge < -0.3 is 10.2 Å². The van der Waals surface area contributed by atoms with Gasteiger partial charge in [-0.3, -0.25) is 24.1 Å². The van der Waals surface area contributed by atoms with Gasteiger partial charge in [-0.15, -0.1) is 0 Å². The number of imide groups is 1. The van der Waals surface area contributed by atoms with Gasteiger partial charge in [-0.2, -0.15) is 0 Å². The van der Waals surface area contributed by atoms with Gasteiger partial charge in [0, 0.05) is 32.0 Å². The summed E-state index contributed by atoms with van der Waals surface area (Å²) in [5, 5.41) is 3.25. The minimum atomic E-state index is -0.714. The largest absolute Gasteiger partial charge is 0.352 e. The second kappa shape index (κ2) is 13.1. The quantitative estimate of drug-likeness (QED) is 0.357. The fourth-order valence-electron chi connectivity index (χ4n) is 6.32. The molecule has 0 radical (unpaired) electrons. The third-order valence-corrected chi connectivity index (χ3v) is 8.57. The van der Waals surface area contributed by atoms with Crippen LogP contribution in [0.25, 0.3) is 0 Å². The minimum Gasteiger partial charge on any atom is -0.352 e. The van der Waals surface area contributed by atoms with Crippen molar-refractivity contribution < 1.29 is 19.2 Å². The second-order valence-electron chi connectivity index (χ2n) is 11.3. The second-order valence-corrected chi connectivity index (χ2v) is 11.3. The number of fused-ring (bicyclic) bond motifs is 1. The molecular formula is C33H39N3O4. The van der Waals surface area contributed by atoms with E-state index in [0.717, 1.165) is 36.8 Å². The molecule has 7 nitrogen and oxygen atoms in total.